The van der Waals surface area contributed by atoms with Crippen LogP contribution >= 0.6 is 0 Å². The molecule has 1 amide bonds. The van der Waals surface area contributed by atoms with Crippen molar-refractivity contribution < 1.29 is 32.5 Å². The van der Waals surface area contributed by atoms with E-state index in [-0.39, 0.29) is 37.2 Å². The van der Waals surface area contributed by atoms with Gasteiger partial charge < -0.3 is 24.6 Å². The van der Waals surface area contributed by atoms with E-state index in [4.69, 9.17) is 14.2 Å². The normalized spacial score (nSPS) is 13.7. The number of sulfonamides is 1. The molecule has 0 spiro atoms. The Morgan fingerprint density at radius 3 is 2.63 bits per heavy atom. The van der Waals surface area contributed by atoms with E-state index in [0.717, 1.165) is 5.56 Å². The van der Waals surface area contributed by atoms with Crippen LogP contribution < -0.4 is 24.2 Å². The van der Waals surface area contributed by atoms with Gasteiger partial charge in [0.15, 0.2) is 11.5 Å². The highest BCUT2D eigenvalue weighted by Crippen LogP contribution is 2.35. The summed E-state index contributed by atoms with van der Waals surface area (Å²) in [6.07, 6.45) is -0.200. The molecule has 0 aromatic heterocycles. The molecule has 162 valence electrons. The summed E-state index contributed by atoms with van der Waals surface area (Å²) in [5.74, 6) is 1.55. The minimum Gasteiger partial charge on any atom is -0.491 e. The number of amides is 1. The quantitative estimate of drug-likeness (QED) is 0.504. The Labute approximate surface area is 175 Å². The van der Waals surface area contributed by atoms with Crippen molar-refractivity contribution >= 4 is 15.9 Å². The van der Waals surface area contributed by atoms with Gasteiger partial charge in [0.05, 0.1) is 4.90 Å². The Morgan fingerprint density at radius 2 is 1.90 bits per heavy atom. The summed E-state index contributed by atoms with van der Waals surface area (Å²) < 4.78 is 41.6. The number of benzene rings is 2. The molecule has 2 aromatic rings. The standard InChI is InChI=1S/C20H24N2O7S/c1-21-30(25,26)17-6-2-14(3-7-17)4-9-20(24)22-11-15(23)12-27-16-5-8-18-19(10-16)29-13-28-18/h2-3,5-8,10,15,21,23H,4,9,11-13H2,1H3,(H,22,24). The molecule has 1 aliphatic heterocycles. The molecule has 0 aliphatic carbocycles. The Hall–Kier alpha value is -2.82. The van der Waals surface area contributed by atoms with E-state index in [2.05, 4.69) is 10.0 Å². The zero-order valence-corrected chi connectivity index (χ0v) is 17.3. The predicted molar refractivity (Wildman–Crippen MR) is 108 cm³/mol. The molecule has 1 aliphatic rings. The Balaban J connectivity index is 1.37. The number of aryl methyl sites for hydroxylation is 1. The first-order valence-electron chi connectivity index (χ1n) is 9.37. The average Bonchev–Trinajstić information content (AvgIpc) is 3.23. The van der Waals surface area contributed by atoms with Crippen LogP contribution in [0.15, 0.2) is 47.4 Å². The lowest BCUT2D eigenvalue weighted by Gasteiger charge is -2.13. The van der Waals surface area contributed by atoms with Crippen LogP contribution in [0.5, 0.6) is 17.2 Å². The first-order chi connectivity index (χ1) is 14.4. The Bertz CT molecular complexity index is 977. The van der Waals surface area contributed by atoms with E-state index < -0.39 is 16.1 Å². The highest BCUT2D eigenvalue weighted by atomic mass is 32.2. The van der Waals surface area contributed by atoms with Gasteiger partial charge in [0.25, 0.3) is 0 Å². The zero-order valence-electron chi connectivity index (χ0n) is 16.5. The number of rotatable bonds is 10. The van der Waals surface area contributed by atoms with Crippen LogP contribution in [0.1, 0.15) is 12.0 Å². The fourth-order valence-corrected chi connectivity index (χ4v) is 3.48. The van der Waals surface area contributed by atoms with Gasteiger partial charge in [-0.15, -0.1) is 0 Å². The summed E-state index contributed by atoms with van der Waals surface area (Å²) in [6.45, 7) is 0.247. The molecule has 0 saturated carbocycles. The number of ether oxygens (including phenoxy) is 3. The van der Waals surface area contributed by atoms with Crippen LogP contribution in [0.2, 0.25) is 0 Å². The van der Waals surface area contributed by atoms with Crippen LogP contribution in [0, 0.1) is 0 Å². The SMILES string of the molecule is CNS(=O)(=O)c1ccc(CCC(=O)NCC(O)COc2ccc3c(c2)OCO3)cc1. The van der Waals surface area contributed by atoms with Crippen LogP contribution in [0.25, 0.3) is 0 Å². The zero-order chi connectivity index (χ0) is 21.6. The molecular formula is C20H24N2O7S. The highest BCUT2D eigenvalue weighted by molar-refractivity contribution is 7.89. The van der Waals surface area contributed by atoms with Gasteiger partial charge in [-0.05, 0) is 43.3 Å². The van der Waals surface area contributed by atoms with Crippen molar-refractivity contribution in [2.45, 2.75) is 23.8 Å². The monoisotopic (exact) mass is 436 g/mol. The third-order valence-corrected chi connectivity index (χ3v) is 5.89. The molecule has 0 bridgehead atoms. The minimum absolute atomic E-state index is 0.0152. The summed E-state index contributed by atoms with van der Waals surface area (Å²) in [7, 11) is -2.13. The maximum absolute atomic E-state index is 12.0. The van der Waals surface area contributed by atoms with Gasteiger partial charge >= 0.3 is 0 Å². The molecular weight excluding hydrogens is 412 g/mol. The van der Waals surface area contributed by atoms with E-state index in [1.54, 1.807) is 30.3 Å². The first-order valence-corrected chi connectivity index (χ1v) is 10.9. The van der Waals surface area contributed by atoms with Crippen molar-refractivity contribution in [3.63, 3.8) is 0 Å². The minimum atomic E-state index is -3.48. The van der Waals surface area contributed by atoms with Crippen LogP contribution in [0.3, 0.4) is 0 Å². The lowest BCUT2D eigenvalue weighted by Crippen LogP contribution is -2.35. The molecule has 0 saturated heterocycles. The first kappa shape index (κ1) is 21.9. The second kappa shape index (κ2) is 9.79. The molecule has 1 atom stereocenters. The third kappa shape index (κ3) is 5.85. The van der Waals surface area contributed by atoms with Crippen molar-refractivity contribution in [1.82, 2.24) is 10.0 Å². The maximum atomic E-state index is 12.0. The number of aliphatic hydroxyl groups excluding tert-OH is 1. The molecule has 0 fully saturated rings. The smallest absolute Gasteiger partial charge is 0.240 e. The van der Waals surface area contributed by atoms with E-state index in [9.17, 15) is 18.3 Å². The lowest BCUT2D eigenvalue weighted by atomic mass is 10.1. The molecule has 3 N–H and O–H groups in total. The fraction of sp³-hybridized carbons (Fsp3) is 0.350. The molecule has 2 aromatic carbocycles. The van der Waals surface area contributed by atoms with Crippen LogP contribution in [0.4, 0.5) is 0 Å². The Kier molecular flexibility index (Phi) is 7.14. The molecule has 1 unspecified atom stereocenters. The van der Waals surface area contributed by atoms with Gasteiger partial charge in [0.2, 0.25) is 22.7 Å². The topological polar surface area (TPSA) is 123 Å². The number of nitrogens with one attached hydrogen (secondary N) is 2. The van der Waals surface area contributed by atoms with Crippen molar-refractivity contribution in [3.8, 4) is 17.2 Å². The third-order valence-electron chi connectivity index (χ3n) is 4.46. The van der Waals surface area contributed by atoms with Crippen LogP contribution in [-0.2, 0) is 21.2 Å². The summed E-state index contributed by atoms with van der Waals surface area (Å²) in [6, 6.07) is 11.5. The molecule has 9 nitrogen and oxygen atoms in total. The van der Waals surface area contributed by atoms with Crippen molar-refractivity contribution in [1.29, 1.82) is 0 Å². The van der Waals surface area contributed by atoms with Crippen LogP contribution in [-0.4, -0.2) is 52.5 Å². The fourth-order valence-electron chi connectivity index (χ4n) is 2.75. The van der Waals surface area contributed by atoms with E-state index in [0.29, 0.717) is 23.7 Å². The van der Waals surface area contributed by atoms with Crippen molar-refractivity contribution in [2.75, 3.05) is 27.0 Å². The summed E-state index contributed by atoms with van der Waals surface area (Å²) >= 11 is 0. The van der Waals surface area contributed by atoms with E-state index >= 15 is 0 Å². The van der Waals surface area contributed by atoms with Gasteiger partial charge in [-0.2, -0.15) is 0 Å². The van der Waals surface area contributed by atoms with Gasteiger partial charge in [-0.25, -0.2) is 13.1 Å². The largest absolute Gasteiger partial charge is 0.491 e. The van der Waals surface area contributed by atoms with Crippen molar-refractivity contribution in [3.05, 3.63) is 48.0 Å². The molecule has 30 heavy (non-hydrogen) atoms. The number of carbonyl (C=O) groups excluding carboxylic acids is 1. The summed E-state index contributed by atoms with van der Waals surface area (Å²) in [4.78, 5) is 12.2. The summed E-state index contributed by atoms with van der Waals surface area (Å²) in [5, 5.41) is 12.7. The highest BCUT2D eigenvalue weighted by Gasteiger charge is 2.15. The average molecular weight is 436 g/mol. The number of fused-ring (bicyclic) bond motifs is 1. The molecule has 10 heteroatoms. The number of hydrogen-bond donors (Lipinski definition) is 3. The second-order valence-corrected chi connectivity index (χ2v) is 8.52. The van der Waals surface area contributed by atoms with Gasteiger partial charge in [0.1, 0.15) is 18.5 Å². The molecule has 0 radical (unpaired) electrons. The lowest BCUT2D eigenvalue weighted by molar-refractivity contribution is -0.121. The van der Waals surface area contributed by atoms with Gasteiger partial charge in [-0.1, -0.05) is 12.1 Å². The maximum Gasteiger partial charge on any atom is 0.240 e. The van der Waals surface area contributed by atoms with E-state index in [1.807, 2.05) is 0 Å². The predicted octanol–water partition coefficient (Wildman–Crippen LogP) is 0.812. The Morgan fingerprint density at radius 1 is 1.17 bits per heavy atom. The van der Waals surface area contributed by atoms with Gasteiger partial charge in [0, 0.05) is 19.0 Å². The molecule has 1 heterocycles. The molecule has 3 rings (SSSR count). The van der Waals surface area contributed by atoms with E-state index in [1.165, 1.54) is 19.2 Å². The van der Waals surface area contributed by atoms with Gasteiger partial charge in [-0.3, -0.25) is 4.79 Å². The second-order valence-electron chi connectivity index (χ2n) is 6.64. The number of aliphatic hydroxyl groups is 1. The summed E-state index contributed by atoms with van der Waals surface area (Å²) in [5.41, 5.74) is 0.840. The van der Waals surface area contributed by atoms with Crippen molar-refractivity contribution in [2.24, 2.45) is 0 Å². The number of carbonyl (C=O) groups is 1. The number of hydrogen-bond acceptors (Lipinski definition) is 7.